The molecule has 0 spiro atoms. The zero-order valence-corrected chi connectivity index (χ0v) is 14.4. The topological polar surface area (TPSA) is 67.7 Å². The number of para-hydroxylation sites is 2. The van der Waals surface area contributed by atoms with Gasteiger partial charge in [-0.2, -0.15) is 4.98 Å². The van der Waals surface area contributed by atoms with Crippen LogP contribution in [-0.2, 0) is 0 Å². The summed E-state index contributed by atoms with van der Waals surface area (Å²) in [6.07, 6.45) is 3.97. The quantitative estimate of drug-likeness (QED) is 0.518. The van der Waals surface area contributed by atoms with Crippen molar-refractivity contribution in [1.29, 1.82) is 0 Å². The van der Waals surface area contributed by atoms with Gasteiger partial charge in [0.25, 0.3) is 0 Å². The van der Waals surface area contributed by atoms with E-state index in [1.54, 1.807) is 24.4 Å². The van der Waals surface area contributed by atoms with Gasteiger partial charge in [0.05, 0.1) is 17.6 Å². The molecule has 142 valence electrons. The van der Waals surface area contributed by atoms with E-state index in [0.29, 0.717) is 34.8 Å². The van der Waals surface area contributed by atoms with Gasteiger partial charge in [-0.25, -0.2) is 14.4 Å². The van der Waals surface area contributed by atoms with E-state index in [-0.39, 0.29) is 13.2 Å². The Morgan fingerprint density at radius 1 is 0.964 bits per heavy atom. The van der Waals surface area contributed by atoms with Crippen LogP contribution in [0.2, 0.25) is 0 Å². The van der Waals surface area contributed by atoms with E-state index >= 15 is 0 Å². The molecule has 1 aliphatic rings. The van der Waals surface area contributed by atoms with Crippen molar-refractivity contribution < 1.29 is 4.39 Å². The highest BCUT2D eigenvalue weighted by Gasteiger charge is 2.23. The molecule has 0 bridgehead atoms. The largest absolute Gasteiger partial charge is 0.351 e. The molecule has 6 nitrogen and oxygen atoms in total. The van der Waals surface area contributed by atoms with Crippen LogP contribution in [0.25, 0.3) is 16.9 Å². The average Bonchev–Trinajstić information content (AvgIpc) is 3.43. The highest BCUT2D eigenvalue weighted by molar-refractivity contribution is 5.79. The fourth-order valence-electron chi connectivity index (χ4n) is 2.94. The van der Waals surface area contributed by atoms with Gasteiger partial charge in [0.1, 0.15) is 11.3 Å². The maximum Gasteiger partial charge on any atom is 0.224 e. The number of hydrogen-bond donors (Lipinski definition) is 2. The summed E-state index contributed by atoms with van der Waals surface area (Å²) in [5.74, 6) is 0.727. The minimum absolute atomic E-state index is 0. The third-order valence-corrected chi connectivity index (χ3v) is 4.45. The van der Waals surface area contributed by atoms with Crippen LogP contribution in [0.15, 0.2) is 60.8 Å². The van der Waals surface area contributed by atoms with Crippen molar-refractivity contribution in [1.82, 2.24) is 19.5 Å². The van der Waals surface area contributed by atoms with E-state index < -0.39 is 0 Å². The second kappa shape index (κ2) is 7.26. The third kappa shape index (κ3) is 3.38. The lowest BCUT2D eigenvalue weighted by Crippen LogP contribution is -2.07. The Hall–Kier alpha value is -3.48. The smallest absolute Gasteiger partial charge is 0.224 e. The Labute approximate surface area is 162 Å². The van der Waals surface area contributed by atoms with Gasteiger partial charge in [-0.3, -0.25) is 4.57 Å². The molecule has 0 aliphatic heterocycles. The van der Waals surface area contributed by atoms with Crippen molar-refractivity contribution >= 4 is 28.7 Å². The minimum atomic E-state index is -0.341. The van der Waals surface area contributed by atoms with Crippen molar-refractivity contribution in [3.8, 4) is 5.69 Å². The first-order valence-electron chi connectivity index (χ1n) is 8.87. The van der Waals surface area contributed by atoms with Crippen LogP contribution >= 0.6 is 0 Å². The summed E-state index contributed by atoms with van der Waals surface area (Å²) in [6.45, 7) is 0. The predicted molar refractivity (Wildman–Crippen MR) is 110 cm³/mol. The molecule has 2 aromatic heterocycles. The van der Waals surface area contributed by atoms with Crippen molar-refractivity contribution in [2.24, 2.45) is 0 Å². The number of aromatic nitrogens is 4. The first-order chi connectivity index (χ1) is 13.3. The van der Waals surface area contributed by atoms with Crippen LogP contribution in [-0.4, -0.2) is 25.6 Å². The summed E-state index contributed by atoms with van der Waals surface area (Å²) in [4.78, 5) is 13.6. The molecule has 1 fully saturated rings. The minimum Gasteiger partial charge on any atom is -0.351 e. The number of anilines is 3. The van der Waals surface area contributed by atoms with Crippen molar-refractivity contribution in [2.75, 3.05) is 10.6 Å². The van der Waals surface area contributed by atoms with E-state index in [4.69, 9.17) is 0 Å². The molecule has 0 atom stereocenters. The Morgan fingerprint density at radius 3 is 2.46 bits per heavy atom. The van der Waals surface area contributed by atoms with Gasteiger partial charge < -0.3 is 10.6 Å². The highest BCUT2D eigenvalue weighted by atomic mass is 19.1. The summed E-state index contributed by atoms with van der Waals surface area (Å²) in [6, 6.07) is 16.7. The molecule has 2 N–H and O–H groups in total. The Morgan fingerprint density at radius 2 is 1.71 bits per heavy atom. The fraction of sp³-hybridized carbons (Fsp3) is 0.190. The zero-order valence-electron chi connectivity index (χ0n) is 14.4. The molecule has 0 amide bonds. The SMILES string of the molecule is C.Fc1ccccc1Nc1nc2cnc(NC3CC3)nc2n1-c1ccccc1. The van der Waals surface area contributed by atoms with Crippen molar-refractivity contribution in [3.63, 3.8) is 0 Å². The molecule has 5 rings (SSSR count). The number of imidazole rings is 1. The molecule has 0 unspecified atom stereocenters. The number of hydrogen-bond acceptors (Lipinski definition) is 5. The van der Waals surface area contributed by atoms with E-state index in [0.717, 1.165) is 18.5 Å². The van der Waals surface area contributed by atoms with Crippen LogP contribution < -0.4 is 10.6 Å². The van der Waals surface area contributed by atoms with E-state index in [9.17, 15) is 4.39 Å². The van der Waals surface area contributed by atoms with Gasteiger partial charge in [0.15, 0.2) is 5.65 Å². The van der Waals surface area contributed by atoms with Gasteiger partial charge in [0.2, 0.25) is 11.9 Å². The predicted octanol–water partition coefficient (Wildman–Crippen LogP) is 4.91. The lowest BCUT2D eigenvalue weighted by molar-refractivity contribution is 0.631. The normalized spacial score (nSPS) is 13.2. The summed E-state index contributed by atoms with van der Waals surface area (Å²) in [5, 5.41) is 6.40. The molecule has 4 aromatic rings. The molecular formula is C21H21FN6. The average molecular weight is 376 g/mol. The summed E-state index contributed by atoms with van der Waals surface area (Å²) in [5.41, 5.74) is 2.54. The molecule has 2 aromatic carbocycles. The van der Waals surface area contributed by atoms with Gasteiger partial charge in [-0.15, -0.1) is 0 Å². The van der Waals surface area contributed by atoms with Crippen LogP contribution in [0.5, 0.6) is 0 Å². The first-order valence-corrected chi connectivity index (χ1v) is 8.87. The lowest BCUT2D eigenvalue weighted by Gasteiger charge is -2.11. The summed E-state index contributed by atoms with van der Waals surface area (Å²) >= 11 is 0. The molecule has 1 aliphatic carbocycles. The molecule has 0 saturated heterocycles. The molecule has 28 heavy (non-hydrogen) atoms. The van der Waals surface area contributed by atoms with E-state index in [1.807, 2.05) is 34.9 Å². The molecule has 2 heterocycles. The van der Waals surface area contributed by atoms with Crippen molar-refractivity contribution in [2.45, 2.75) is 26.3 Å². The van der Waals surface area contributed by atoms with Crippen molar-refractivity contribution in [3.05, 3.63) is 66.6 Å². The molecular weight excluding hydrogens is 355 g/mol. The van der Waals surface area contributed by atoms with E-state index in [2.05, 4.69) is 25.6 Å². The second-order valence-corrected chi connectivity index (χ2v) is 6.53. The molecule has 0 radical (unpaired) electrons. The van der Waals surface area contributed by atoms with E-state index in [1.165, 1.54) is 6.07 Å². The Kier molecular flexibility index (Phi) is 4.65. The van der Waals surface area contributed by atoms with Crippen LogP contribution in [0.3, 0.4) is 0 Å². The number of nitrogens with zero attached hydrogens (tertiary/aromatic N) is 4. The van der Waals surface area contributed by atoms with Crippen LogP contribution in [0, 0.1) is 5.82 Å². The first kappa shape index (κ1) is 17.9. The van der Waals surface area contributed by atoms with Gasteiger partial charge in [-0.05, 0) is 37.1 Å². The summed E-state index contributed by atoms with van der Waals surface area (Å²) in [7, 11) is 0. The zero-order chi connectivity index (χ0) is 18.2. The monoisotopic (exact) mass is 376 g/mol. The van der Waals surface area contributed by atoms with Crippen LogP contribution in [0.4, 0.5) is 22.0 Å². The number of nitrogens with one attached hydrogen (secondary N) is 2. The van der Waals surface area contributed by atoms with Crippen LogP contribution in [0.1, 0.15) is 20.3 Å². The molecule has 7 heteroatoms. The number of rotatable bonds is 5. The Balaban J connectivity index is 0.00000192. The van der Waals surface area contributed by atoms with Gasteiger partial charge >= 0.3 is 0 Å². The Bertz CT molecular complexity index is 1100. The summed E-state index contributed by atoms with van der Waals surface area (Å²) < 4.78 is 16.0. The highest BCUT2D eigenvalue weighted by Crippen LogP contribution is 2.28. The molecule has 1 saturated carbocycles. The number of fused-ring (bicyclic) bond motifs is 1. The standard InChI is InChI=1S/C20H17FN6.CH4/c21-15-8-4-5-9-16(15)24-20-25-17-12-22-19(23-13-10-11-13)26-18(17)27(20)14-6-2-1-3-7-14;/h1-9,12-13H,10-11H2,(H,24,25)(H,22,23,26);1H4. The fourth-order valence-corrected chi connectivity index (χ4v) is 2.94. The maximum absolute atomic E-state index is 14.1. The van der Waals surface area contributed by atoms with Gasteiger partial charge in [0, 0.05) is 6.04 Å². The second-order valence-electron chi connectivity index (χ2n) is 6.53. The van der Waals surface area contributed by atoms with Gasteiger partial charge in [-0.1, -0.05) is 37.8 Å². The maximum atomic E-state index is 14.1. The third-order valence-electron chi connectivity index (χ3n) is 4.45. The number of halogens is 1. The lowest BCUT2D eigenvalue weighted by atomic mass is 10.3. The number of benzene rings is 2.